The third-order valence-electron chi connectivity index (χ3n) is 5.92. The molecule has 0 spiro atoms. The van der Waals surface area contributed by atoms with Crippen LogP contribution in [0.15, 0.2) is 55.0 Å². The van der Waals surface area contributed by atoms with Gasteiger partial charge in [-0.1, -0.05) is 12.1 Å². The van der Waals surface area contributed by atoms with Crippen molar-refractivity contribution in [3.63, 3.8) is 0 Å². The minimum absolute atomic E-state index is 0.187. The Hall–Kier alpha value is -3.74. The topological polar surface area (TPSA) is 75.9 Å². The maximum atomic E-state index is 12.8. The Morgan fingerprint density at radius 2 is 1.81 bits per heavy atom. The predicted octanol–water partition coefficient (Wildman–Crippen LogP) is 4.19. The first kappa shape index (κ1) is 19.2. The monoisotopic (exact) mass is 412 g/mol. The molecule has 4 heterocycles. The molecular weight excluding hydrogens is 388 g/mol. The van der Waals surface area contributed by atoms with Gasteiger partial charge in [0.1, 0.15) is 17.5 Å². The fourth-order valence-corrected chi connectivity index (χ4v) is 4.01. The summed E-state index contributed by atoms with van der Waals surface area (Å²) in [4.78, 5) is 28.3. The second-order valence-electron chi connectivity index (χ2n) is 7.93. The van der Waals surface area contributed by atoms with Crippen LogP contribution in [0.25, 0.3) is 22.0 Å². The van der Waals surface area contributed by atoms with Gasteiger partial charge >= 0.3 is 0 Å². The van der Waals surface area contributed by atoms with E-state index in [2.05, 4.69) is 41.9 Å². The predicted molar refractivity (Wildman–Crippen MR) is 122 cm³/mol. The van der Waals surface area contributed by atoms with Gasteiger partial charge in [-0.2, -0.15) is 0 Å². The number of anilines is 2. The lowest BCUT2D eigenvalue weighted by Gasteiger charge is -2.16. The molecule has 0 radical (unpaired) electrons. The van der Waals surface area contributed by atoms with Gasteiger partial charge in [0.2, 0.25) is 0 Å². The molecule has 5 rings (SSSR count). The van der Waals surface area contributed by atoms with E-state index in [1.807, 2.05) is 38.4 Å². The molecule has 0 saturated carbocycles. The average molecular weight is 412 g/mol. The fraction of sp³-hybridized carbons (Fsp3) is 0.250. The third kappa shape index (κ3) is 3.74. The van der Waals surface area contributed by atoms with Crippen LogP contribution in [0.2, 0.25) is 0 Å². The van der Waals surface area contributed by atoms with Crippen LogP contribution in [0.4, 0.5) is 11.6 Å². The number of pyridine rings is 2. The number of fused-ring (bicyclic) bond motifs is 1. The molecule has 0 atom stereocenters. The normalized spacial score (nSPS) is 13.7. The Balaban J connectivity index is 1.40. The summed E-state index contributed by atoms with van der Waals surface area (Å²) in [5, 5.41) is 4.95. The van der Waals surface area contributed by atoms with Crippen molar-refractivity contribution in [3.8, 4) is 11.3 Å². The highest BCUT2D eigenvalue weighted by Crippen LogP contribution is 2.26. The van der Waals surface area contributed by atoms with E-state index in [0.29, 0.717) is 11.4 Å². The standard InChI is InChI=1S/C24H24N6O/c1-16-26-15-21(29(16)2)17-5-6-19-14-27-22(12-20(19)11-17)28-24(31)18-7-8-25-23(13-18)30-9-3-4-10-30/h5-8,11-15H,3-4,9-10H2,1-2H3,(H,27,28,31). The van der Waals surface area contributed by atoms with Crippen LogP contribution in [0.3, 0.4) is 0 Å². The molecule has 0 unspecified atom stereocenters. The SMILES string of the molecule is Cc1ncc(-c2ccc3cnc(NC(=O)c4ccnc(N5CCCC5)c4)cc3c2)n1C. The number of carbonyl (C=O) groups is 1. The number of benzene rings is 1. The van der Waals surface area contributed by atoms with Gasteiger partial charge in [-0.25, -0.2) is 15.0 Å². The number of nitrogens with one attached hydrogen (secondary N) is 1. The molecule has 156 valence electrons. The van der Waals surface area contributed by atoms with E-state index in [0.717, 1.165) is 46.8 Å². The van der Waals surface area contributed by atoms with E-state index in [-0.39, 0.29) is 5.91 Å². The van der Waals surface area contributed by atoms with Crippen molar-refractivity contribution in [1.29, 1.82) is 0 Å². The number of rotatable bonds is 4. The number of hydrogen-bond donors (Lipinski definition) is 1. The van der Waals surface area contributed by atoms with Crippen LogP contribution in [0, 0.1) is 6.92 Å². The molecule has 4 aromatic rings. The number of carbonyl (C=O) groups excluding carboxylic acids is 1. The van der Waals surface area contributed by atoms with Crippen molar-refractivity contribution in [2.24, 2.45) is 7.05 Å². The van der Waals surface area contributed by atoms with E-state index in [9.17, 15) is 4.79 Å². The number of aryl methyl sites for hydroxylation is 1. The largest absolute Gasteiger partial charge is 0.357 e. The van der Waals surface area contributed by atoms with Crippen LogP contribution >= 0.6 is 0 Å². The Morgan fingerprint density at radius 1 is 0.968 bits per heavy atom. The average Bonchev–Trinajstić information content (AvgIpc) is 3.44. The molecule has 1 amide bonds. The van der Waals surface area contributed by atoms with Gasteiger partial charge in [-0.3, -0.25) is 4.79 Å². The van der Waals surface area contributed by atoms with Crippen LogP contribution < -0.4 is 10.2 Å². The molecular formula is C24H24N6O. The Kier molecular flexibility index (Phi) is 4.86. The zero-order valence-electron chi connectivity index (χ0n) is 17.7. The van der Waals surface area contributed by atoms with E-state index in [1.54, 1.807) is 18.5 Å². The summed E-state index contributed by atoms with van der Waals surface area (Å²) >= 11 is 0. The minimum Gasteiger partial charge on any atom is -0.357 e. The first-order valence-corrected chi connectivity index (χ1v) is 10.5. The van der Waals surface area contributed by atoms with Gasteiger partial charge in [0.15, 0.2) is 0 Å². The second-order valence-corrected chi connectivity index (χ2v) is 7.93. The highest BCUT2D eigenvalue weighted by Gasteiger charge is 2.16. The summed E-state index contributed by atoms with van der Waals surface area (Å²) in [6.07, 6.45) is 7.69. The quantitative estimate of drug-likeness (QED) is 0.544. The number of aromatic nitrogens is 4. The maximum Gasteiger partial charge on any atom is 0.257 e. The lowest BCUT2D eigenvalue weighted by Crippen LogP contribution is -2.20. The van der Waals surface area contributed by atoms with Gasteiger partial charge in [0.05, 0.1) is 11.9 Å². The second kappa shape index (κ2) is 7.83. The smallest absolute Gasteiger partial charge is 0.257 e. The molecule has 31 heavy (non-hydrogen) atoms. The lowest BCUT2D eigenvalue weighted by molar-refractivity contribution is 0.102. The van der Waals surface area contributed by atoms with Gasteiger partial charge < -0.3 is 14.8 Å². The van der Waals surface area contributed by atoms with E-state index >= 15 is 0 Å². The summed E-state index contributed by atoms with van der Waals surface area (Å²) < 4.78 is 2.06. The molecule has 1 N–H and O–H groups in total. The number of hydrogen-bond acceptors (Lipinski definition) is 5. The summed E-state index contributed by atoms with van der Waals surface area (Å²) in [7, 11) is 2.01. The third-order valence-corrected chi connectivity index (χ3v) is 5.92. The lowest BCUT2D eigenvalue weighted by atomic mass is 10.1. The van der Waals surface area contributed by atoms with Crippen LogP contribution in [0.1, 0.15) is 29.0 Å². The molecule has 0 aliphatic carbocycles. The summed E-state index contributed by atoms with van der Waals surface area (Å²) in [6.45, 7) is 3.96. The van der Waals surface area contributed by atoms with Gasteiger partial charge in [0, 0.05) is 49.0 Å². The fourth-order valence-electron chi connectivity index (χ4n) is 4.01. The molecule has 1 saturated heterocycles. The Morgan fingerprint density at radius 3 is 2.58 bits per heavy atom. The highest BCUT2D eigenvalue weighted by molar-refractivity contribution is 6.05. The molecule has 7 nitrogen and oxygen atoms in total. The van der Waals surface area contributed by atoms with Crippen molar-refractivity contribution < 1.29 is 4.79 Å². The van der Waals surface area contributed by atoms with Gasteiger partial charge in [0.25, 0.3) is 5.91 Å². The number of nitrogens with zero attached hydrogens (tertiary/aromatic N) is 5. The van der Waals surface area contributed by atoms with Crippen LogP contribution in [-0.4, -0.2) is 38.5 Å². The van der Waals surface area contributed by atoms with Crippen molar-refractivity contribution in [2.75, 3.05) is 23.3 Å². The molecule has 1 aromatic carbocycles. The van der Waals surface area contributed by atoms with E-state index in [1.165, 1.54) is 12.8 Å². The van der Waals surface area contributed by atoms with Crippen molar-refractivity contribution in [2.45, 2.75) is 19.8 Å². The van der Waals surface area contributed by atoms with Crippen molar-refractivity contribution in [1.82, 2.24) is 19.5 Å². The van der Waals surface area contributed by atoms with Crippen molar-refractivity contribution in [3.05, 3.63) is 66.4 Å². The summed E-state index contributed by atoms with van der Waals surface area (Å²) in [5.41, 5.74) is 2.70. The van der Waals surface area contributed by atoms with Crippen LogP contribution in [0.5, 0.6) is 0 Å². The van der Waals surface area contributed by atoms with E-state index in [4.69, 9.17) is 0 Å². The molecule has 7 heteroatoms. The Labute approximate surface area is 180 Å². The molecule has 3 aromatic heterocycles. The number of amides is 1. The molecule has 1 aliphatic heterocycles. The van der Waals surface area contributed by atoms with Crippen molar-refractivity contribution >= 4 is 28.3 Å². The zero-order chi connectivity index (χ0) is 21.4. The highest BCUT2D eigenvalue weighted by atomic mass is 16.1. The van der Waals surface area contributed by atoms with Crippen LogP contribution in [-0.2, 0) is 7.05 Å². The summed E-state index contributed by atoms with van der Waals surface area (Å²) in [6, 6.07) is 11.7. The zero-order valence-corrected chi connectivity index (χ0v) is 17.7. The first-order valence-electron chi connectivity index (χ1n) is 10.5. The number of imidazole rings is 1. The van der Waals surface area contributed by atoms with Gasteiger partial charge in [-0.05, 0) is 49.4 Å². The first-order chi connectivity index (χ1) is 15.1. The Bertz CT molecular complexity index is 1270. The van der Waals surface area contributed by atoms with Gasteiger partial charge in [-0.15, -0.1) is 0 Å². The molecule has 1 fully saturated rings. The maximum absolute atomic E-state index is 12.8. The summed E-state index contributed by atoms with van der Waals surface area (Å²) in [5.74, 6) is 2.15. The molecule has 1 aliphatic rings. The van der Waals surface area contributed by atoms with E-state index < -0.39 is 0 Å². The minimum atomic E-state index is -0.187. The molecule has 0 bridgehead atoms.